The highest BCUT2D eigenvalue weighted by Crippen LogP contribution is 2.24. The Labute approximate surface area is 90.9 Å². The van der Waals surface area contributed by atoms with Crippen LogP contribution in [0, 0.1) is 0 Å². The Hall–Kier alpha value is -0.650. The Morgan fingerprint density at radius 3 is 2.93 bits per heavy atom. The smallest absolute Gasteiger partial charge is 0.246 e. The van der Waals surface area contributed by atoms with Gasteiger partial charge >= 0.3 is 0 Å². The van der Waals surface area contributed by atoms with E-state index in [0.29, 0.717) is 19.7 Å². The molecule has 5 nitrogen and oxygen atoms in total. The minimum Gasteiger partial charge on any atom is -0.370 e. The highest BCUT2D eigenvalue weighted by atomic mass is 16.5. The summed E-state index contributed by atoms with van der Waals surface area (Å²) in [6.45, 7) is 2.61. The van der Waals surface area contributed by atoms with Gasteiger partial charge in [-0.1, -0.05) is 0 Å². The molecule has 1 amide bonds. The number of amides is 1. The fourth-order valence-corrected chi connectivity index (χ4v) is 1.37. The van der Waals surface area contributed by atoms with Crippen molar-refractivity contribution in [1.29, 1.82) is 0 Å². The maximum atomic E-state index is 11.2. The number of carbonyl (C=O) groups excluding carboxylic acids is 1. The summed E-state index contributed by atoms with van der Waals surface area (Å²) in [5.74, 6) is -0.0624. The third-order valence-corrected chi connectivity index (χ3v) is 2.45. The van der Waals surface area contributed by atoms with E-state index in [4.69, 9.17) is 10.5 Å². The van der Waals surface area contributed by atoms with Crippen molar-refractivity contribution in [2.75, 3.05) is 39.9 Å². The van der Waals surface area contributed by atoms with Gasteiger partial charge in [-0.05, 0) is 19.9 Å². The van der Waals surface area contributed by atoms with E-state index in [1.807, 2.05) is 0 Å². The number of rotatable bonds is 8. The molecule has 0 spiro atoms. The molecule has 0 bridgehead atoms. The lowest BCUT2D eigenvalue weighted by atomic mass is 10.5. The second kappa shape index (κ2) is 6.76. The molecule has 1 rings (SSSR count). The van der Waals surface area contributed by atoms with Gasteiger partial charge in [-0.15, -0.1) is 0 Å². The van der Waals surface area contributed by atoms with Crippen LogP contribution in [0.2, 0.25) is 0 Å². The quantitative estimate of drug-likeness (QED) is 0.519. The van der Waals surface area contributed by atoms with Crippen molar-refractivity contribution in [3.8, 4) is 0 Å². The van der Waals surface area contributed by atoms with E-state index in [0.717, 1.165) is 12.6 Å². The van der Waals surface area contributed by atoms with Crippen LogP contribution in [0.1, 0.15) is 12.8 Å². The molecule has 0 unspecified atom stereocenters. The number of nitrogens with two attached hydrogens (primary N) is 1. The van der Waals surface area contributed by atoms with Crippen molar-refractivity contribution in [2.24, 2.45) is 5.73 Å². The van der Waals surface area contributed by atoms with Gasteiger partial charge in [0.25, 0.3) is 0 Å². The number of hydrogen-bond donors (Lipinski definition) is 2. The number of hydrogen-bond acceptors (Lipinski definition) is 4. The normalized spacial score (nSPS) is 15.7. The van der Waals surface area contributed by atoms with Crippen molar-refractivity contribution < 1.29 is 9.53 Å². The predicted octanol–water partition coefficient (Wildman–Crippen LogP) is -0.828. The molecule has 3 N–H and O–H groups in total. The average molecular weight is 215 g/mol. The van der Waals surface area contributed by atoms with Gasteiger partial charge in [-0.3, -0.25) is 4.79 Å². The topological polar surface area (TPSA) is 67.6 Å². The van der Waals surface area contributed by atoms with E-state index in [-0.39, 0.29) is 12.5 Å². The standard InChI is InChI=1S/C10H21N3O2/c1-13(9-2-3-9)6-5-12-10(14)8-15-7-4-11/h9H,2-8,11H2,1H3,(H,12,14). The summed E-state index contributed by atoms with van der Waals surface area (Å²) in [5, 5.41) is 2.81. The summed E-state index contributed by atoms with van der Waals surface area (Å²) in [7, 11) is 2.09. The second-order valence-electron chi connectivity index (χ2n) is 3.90. The summed E-state index contributed by atoms with van der Waals surface area (Å²) in [5.41, 5.74) is 5.23. The van der Waals surface area contributed by atoms with Crippen molar-refractivity contribution in [1.82, 2.24) is 10.2 Å². The average Bonchev–Trinajstić information content (AvgIpc) is 3.01. The lowest BCUT2D eigenvalue weighted by molar-refractivity contribution is -0.125. The van der Waals surface area contributed by atoms with Crippen LogP contribution in [0.4, 0.5) is 0 Å². The van der Waals surface area contributed by atoms with E-state index >= 15 is 0 Å². The zero-order chi connectivity index (χ0) is 11.1. The van der Waals surface area contributed by atoms with Crippen LogP contribution >= 0.6 is 0 Å². The summed E-state index contributed by atoms with van der Waals surface area (Å²) in [4.78, 5) is 13.5. The van der Waals surface area contributed by atoms with E-state index < -0.39 is 0 Å². The fourth-order valence-electron chi connectivity index (χ4n) is 1.37. The number of carbonyl (C=O) groups is 1. The van der Waals surface area contributed by atoms with Crippen molar-refractivity contribution in [3.05, 3.63) is 0 Å². The molecule has 15 heavy (non-hydrogen) atoms. The highest BCUT2D eigenvalue weighted by molar-refractivity contribution is 5.77. The maximum absolute atomic E-state index is 11.2. The van der Waals surface area contributed by atoms with Crippen LogP contribution < -0.4 is 11.1 Å². The summed E-state index contributed by atoms with van der Waals surface area (Å²) in [6, 6.07) is 0.746. The number of nitrogens with zero attached hydrogens (tertiary/aromatic N) is 1. The first-order valence-electron chi connectivity index (χ1n) is 5.48. The van der Waals surface area contributed by atoms with Crippen LogP contribution in [0.25, 0.3) is 0 Å². The van der Waals surface area contributed by atoms with Crippen LogP contribution in [-0.2, 0) is 9.53 Å². The molecule has 1 aliphatic carbocycles. The molecular weight excluding hydrogens is 194 g/mol. The molecule has 5 heteroatoms. The largest absolute Gasteiger partial charge is 0.370 e. The molecular formula is C10H21N3O2. The monoisotopic (exact) mass is 215 g/mol. The van der Waals surface area contributed by atoms with Gasteiger partial charge in [0.1, 0.15) is 6.61 Å². The molecule has 88 valence electrons. The summed E-state index contributed by atoms with van der Waals surface area (Å²) < 4.78 is 5.01. The SMILES string of the molecule is CN(CCNC(=O)COCCN)C1CC1. The van der Waals surface area contributed by atoms with Crippen LogP contribution in [0.5, 0.6) is 0 Å². The van der Waals surface area contributed by atoms with E-state index in [9.17, 15) is 4.79 Å². The summed E-state index contributed by atoms with van der Waals surface area (Å²) >= 11 is 0. The first-order valence-corrected chi connectivity index (χ1v) is 5.48. The molecule has 0 aromatic rings. The maximum Gasteiger partial charge on any atom is 0.246 e. The molecule has 0 aromatic carbocycles. The van der Waals surface area contributed by atoms with Crippen LogP contribution in [-0.4, -0.2) is 56.7 Å². The van der Waals surface area contributed by atoms with Crippen molar-refractivity contribution in [3.63, 3.8) is 0 Å². The first-order chi connectivity index (χ1) is 7.24. The van der Waals surface area contributed by atoms with Crippen molar-refractivity contribution >= 4 is 5.91 Å². The molecule has 0 aliphatic heterocycles. The van der Waals surface area contributed by atoms with Crippen LogP contribution in [0.3, 0.4) is 0 Å². The third kappa shape index (κ3) is 5.71. The molecule has 1 saturated carbocycles. The van der Waals surface area contributed by atoms with Gasteiger partial charge in [-0.2, -0.15) is 0 Å². The van der Waals surface area contributed by atoms with Gasteiger partial charge in [0.2, 0.25) is 5.91 Å². The Morgan fingerprint density at radius 1 is 1.60 bits per heavy atom. The fraction of sp³-hybridized carbons (Fsp3) is 0.900. The Morgan fingerprint density at radius 2 is 2.33 bits per heavy atom. The Balaban J connectivity index is 1.91. The van der Waals surface area contributed by atoms with Gasteiger partial charge in [0.05, 0.1) is 6.61 Å². The molecule has 0 atom stereocenters. The second-order valence-corrected chi connectivity index (χ2v) is 3.90. The minimum absolute atomic E-state index is 0.0624. The van der Waals surface area contributed by atoms with Gasteiger partial charge < -0.3 is 20.7 Å². The van der Waals surface area contributed by atoms with Gasteiger partial charge in [-0.25, -0.2) is 0 Å². The van der Waals surface area contributed by atoms with Crippen molar-refractivity contribution in [2.45, 2.75) is 18.9 Å². The van der Waals surface area contributed by atoms with Gasteiger partial charge in [0, 0.05) is 25.7 Å². The third-order valence-electron chi connectivity index (χ3n) is 2.45. The molecule has 0 radical (unpaired) electrons. The molecule has 1 fully saturated rings. The van der Waals surface area contributed by atoms with E-state index in [1.165, 1.54) is 12.8 Å². The first kappa shape index (κ1) is 12.4. The number of nitrogens with one attached hydrogen (secondary N) is 1. The van der Waals surface area contributed by atoms with Crippen LogP contribution in [0.15, 0.2) is 0 Å². The number of ether oxygens (including phenoxy) is 1. The zero-order valence-electron chi connectivity index (χ0n) is 9.37. The minimum atomic E-state index is -0.0624. The van der Waals surface area contributed by atoms with E-state index in [2.05, 4.69) is 17.3 Å². The molecule has 0 heterocycles. The molecule has 0 aromatic heterocycles. The number of likely N-dealkylation sites (N-methyl/N-ethyl adjacent to an activating group) is 1. The zero-order valence-corrected chi connectivity index (χ0v) is 9.37. The lowest BCUT2D eigenvalue weighted by Gasteiger charge is -2.15. The highest BCUT2D eigenvalue weighted by Gasteiger charge is 2.25. The lowest BCUT2D eigenvalue weighted by Crippen LogP contribution is -2.36. The van der Waals surface area contributed by atoms with E-state index in [1.54, 1.807) is 0 Å². The van der Waals surface area contributed by atoms with Gasteiger partial charge in [0.15, 0.2) is 0 Å². The Kier molecular flexibility index (Phi) is 5.60. The Bertz CT molecular complexity index is 195. The molecule has 1 aliphatic rings. The predicted molar refractivity (Wildman–Crippen MR) is 58.5 cm³/mol. The molecule has 0 saturated heterocycles. The summed E-state index contributed by atoms with van der Waals surface area (Å²) in [6.07, 6.45) is 2.59.